The Morgan fingerprint density at radius 2 is 1.90 bits per heavy atom. The lowest BCUT2D eigenvalue weighted by Crippen LogP contribution is -2.14. The van der Waals surface area contributed by atoms with Crippen LogP contribution in [0.15, 0.2) is 54.6 Å². The predicted molar refractivity (Wildman–Crippen MR) is 83.6 cm³/mol. The molecule has 2 rings (SSSR count). The normalized spacial score (nSPS) is 12.3. The molecule has 0 radical (unpaired) electrons. The summed E-state index contributed by atoms with van der Waals surface area (Å²) in [5.41, 5.74) is 2.38. The molecule has 2 aromatic carbocycles. The first-order valence-electron chi connectivity index (χ1n) is 6.75. The van der Waals surface area contributed by atoms with Gasteiger partial charge in [-0.3, -0.25) is 4.79 Å². The van der Waals surface area contributed by atoms with E-state index in [2.05, 4.69) is 0 Å². The Morgan fingerprint density at radius 1 is 1.19 bits per heavy atom. The van der Waals surface area contributed by atoms with E-state index in [1.807, 2.05) is 67.6 Å². The molecule has 0 aliphatic heterocycles. The van der Waals surface area contributed by atoms with Crippen molar-refractivity contribution in [3.8, 4) is 5.75 Å². The summed E-state index contributed by atoms with van der Waals surface area (Å²) in [7, 11) is 1.56. The molecule has 3 heteroatoms. The molecule has 108 valence electrons. The summed E-state index contributed by atoms with van der Waals surface area (Å²) in [6.07, 6.45) is 3.88. The van der Waals surface area contributed by atoms with Crippen molar-refractivity contribution in [2.75, 3.05) is 7.11 Å². The van der Waals surface area contributed by atoms with Gasteiger partial charge >= 0.3 is 5.97 Å². The highest BCUT2D eigenvalue weighted by Gasteiger charge is 2.25. The van der Waals surface area contributed by atoms with Crippen molar-refractivity contribution in [3.63, 3.8) is 0 Å². The minimum Gasteiger partial charge on any atom is -0.496 e. The number of aliphatic carboxylic acids is 1. The zero-order valence-electron chi connectivity index (χ0n) is 12.1. The predicted octanol–water partition coefficient (Wildman–Crippen LogP) is 3.94. The van der Waals surface area contributed by atoms with Gasteiger partial charge in [0, 0.05) is 5.56 Å². The summed E-state index contributed by atoms with van der Waals surface area (Å²) in [5, 5.41) is 9.60. The molecular weight excluding hydrogens is 264 g/mol. The number of hydrogen-bond acceptors (Lipinski definition) is 2. The van der Waals surface area contributed by atoms with Crippen LogP contribution in [0.2, 0.25) is 0 Å². The average molecular weight is 282 g/mol. The van der Waals surface area contributed by atoms with Gasteiger partial charge in [0.15, 0.2) is 0 Å². The van der Waals surface area contributed by atoms with Gasteiger partial charge in [0.1, 0.15) is 11.7 Å². The van der Waals surface area contributed by atoms with Crippen LogP contribution in [-0.4, -0.2) is 18.2 Å². The summed E-state index contributed by atoms with van der Waals surface area (Å²) >= 11 is 0. The molecule has 0 spiro atoms. The third-order valence-electron chi connectivity index (χ3n) is 3.31. The molecule has 0 aliphatic carbocycles. The maximum atomic E-state index is 11.7. The van der Waals surface area contributed by atoms with Crippen LogP contribution in [0.25, 0.3) is 6.08 Å². The summed E-state index contributed by atoms with van der Waals surface area (Å²) in [4.78, 5) is 11.7. The SMILES string of the molecule is C/C=C\c1ccc([C@@H](C(=O)O)c2ccccc2)c(OC)c1. The molecule has 0 bridgehead atoms. The van der Waals surface area contributed by atoms with Crippen molar-refractivity contribution < 1.29 is 14.6 Å². The minimum absolute atomic E-state index is 0.585. The largest absolute Gasteiger partial charge is 0.496 e. The Bertz CT molecular complexity index is 645. The quantitative estimate of drug-likeness (QED) is 0.903. The fourth-order valence-electron chi connectivity index (χ4n) is 2.36. The number of methoxy groups -OCH3 is 1. The molecule has 0 fully saturated rings. The highest BCUT2D eigenvalue weighted by atomic mass is 16.5. The number of hydrogen-bond donors (Lipinski definition) is 1. The monoisotopic (exact) mass is 282 g/mol. The lowest BCUT2D eigenvalue weighted by molar-refractivity contribution is -0.137. The standard InChI is InChI=1S/C18H18O3/c1-3-7-13-10-11-15(16(12-13)21-2)17(18(19)20)14-8-5-4-6-9-14/h3-12,17H,1-2H3,(H,19,20)/b7-3-/t17-/m0/s1. The van der Waals surface area contributed by atoms with Gasteiger partial charge in [-0.05, 0) is 24.1 Å². The van der Waals surface area contributed by atoms with Crippen molar-refractivity contribution in [1.29, 1.82) is 0 Å². The highest BCUT2D eigenvalue weighted by Crippen LogP contribution is 2.33. The third-order valence-corrected chi connectivity index (χ3v) is 3.31. The van der Waals surface area contributed by atoms with Crippen molar-refractivity contribution in [2.45, 2.75) is 12.8 Å². The number of ether oxygens (including phenoxy) is 1. The topological polar surface area (TPSA) is 46.5 Å². The van der Waals surface area contributed by atoms with Crippen LogP contribution in [0, 0.1) is 0 Å². The minimum atomic E-state index is -0.890. The Kier molecular flexibility index (Phi) is 4.77. The van der Waals surface area contributed by atoms with Gasteiger partial charge in [0.25, 0.3) is 0 Å². The number of carbonyl (C=O) groups is 1. The molecule has 0 unspecified atom stereocenters. The van der Waals surface area contributed by atoms with Gasteiger partial charge in [-0.15, -0.1) is 0 Å². The zero-order chi connectivity index (χ0) is 15.2. The molecule has 0 saturated heterocycles. The molecule has 0 amide bonds. The van der Waals surface area contributed by atoms with Crippen LogP contribution in [0.4, 0.5) is 0 Å². The molecule has 0 aliphatic rings. The number of rotatable bonds is 5. The fraction of sp³-hybridized carbons (Fsp3) is 0.167. The molecule has 1 N–H and O–H groups in total. The van der Waals surface area contributed by atoms with E-state index in [1.165, 1.54) is 0 Å². The number of carboxylic acid groups (broad SMARTS) is 1. The second-order valence-electron chi connectivity index (χ2n) is 4.68. The summed E-state index contributed by atoms with van der Waals surface area (Å²) in [6.45, 7) is 1.93. The van der Waals surface area contributed by atoms with E-state index in [-0.39, 0.29) is 0 Å². The molecule has 0 heterocycles. The van der Waals surface area contributed by atoms with E-state index in [1.54, 1.807) is 7.11 Å². The van der Waals surface area contributed by atoms with Crippen LogP contribution >= 0.6 is 0 Å². The third kappa shape index (κ3) is 3.31. The van der Waals surface area contributed by atoms with E-state index in [9.17, 15) is 9.90 Å². The van der Waals surface area contributed by atoms with E-state index in [0.717, 1.165) is 11.1 Å². The first-order chi connectivity index (χ1) is 10.2. The molecule has 21 heavy (non-hydrogen) atoms. The molecule has 1 atom stereocenters. The van der Waals surface area contributed by atoms with Gasteiger partial charge in [0.05, 0.1) is 7.11 Å². The van der Waals surface area contributed by atoms with Crippen molar-refractivity contribution in [3.05, 3.63) is 71.3 Å². The maximum Gasteiger partial charge on any atom is 0.315 e. The number of benzene rings is 2. The van der Waals surface area contributed by atoms with E-state index in [0.29, 0.717) is 11.3 Å². The van der Waals surface area contributed by atoms with E-state index < -0.39 is 11.9 Å². The van der Waals surface area contributed by atoms with E-state index in [4.69, 9.17) is 4.74 Å². The highest BCUT2D eigenvalue weighted by molar-refractivity contribution is 5.81. The van der Waals surface area contributed by atoms with Crippen LogP contribution < -0.4 is 4.74 Å². The van der Waals surface area contributed by atoms with Gasteiger partial charge in [-0.2, -0.15) is 0 Å². The Labute approximate surface area is 124 Å². The maximum absolute atomic E-state index is 11.7. The van der Waals surface area contributed by atoms with Crippen molar-refractivity contribution in [1.82, 2.24) is 0 Å². The molecule has 0 saturated carbocycles. The molecular formula is C18H18O3. The Hall–Kier alpha value is -2.55. The lowest BCUT2D eigenvalue weighted by Gasteiger charge is -2.17. The van der Waals surface area contributed by atoms with Gasteiger partial charge in [0.2, 0.25) is 0 Å². The lowest BCUT2D eigenvalue weighted by atomic mass is 9.90. The van der Waals surface area contributed by atoms with Gasteiger partial charge < -0.3 is 9.84 Å². The number of carboxylic acids is 1. The summed E-state index contributed by atoms with van der Waals surface area (Å²) in [6, 6.07) is 14.8. The second-order valence-corrected chi connectivity index (χ2v) is 4.68. The molecule has 3 nitrogen and oxygen atoms in total. The van der Waals surface area contributed by atoms with E-state index >= 15 is 0 Å². The Balaban J connectivity index is 2.53. The fourth-order valence-corrected chi connectivity index (χ4v) is 2.36. The average Bonchev–Trinajstić information content (AvgIpc) is 2.50. The van der Waals surface area contributed by atoms with Crippen LogP contribution in [0.3, 0.4) is 0 Å². The molecule has 0 aromatic heterocycles. The summed E-state index contributed by atoms with van der Waals surface area (Å²) in [5.74, 6) is -1.04. The summed E-state index contributed by atoms with van der Waals surface area (Å²) < 4.78 is 5.39. The zero-order valence-corrected chi connectivity index (χ0v) is 12.1. The van der Waals surface area contributed by atoms with Gasteiger partial charge in [-0.25, -0.2) is 0 Å². The molecule has 2 aromatic rings. The van der Waals surface area contributed by atoms with Crippen molar-refractivity contribution in [2.24, 2.45) is 0 Å². The van der Waals surface area contributed by atoms with Crippen LogP contribution in [0.5, 0.6) is 5.75 Å². The second kappa shape index (κ2) is 6.75. The van der Waals surface area contributed by atoms with Gasteiger partial charge in [-0.1, -0.05) is 54.6 Å². The first-order valence-corrected chi connectivity index (χ1v) is 6.75. The van der Waals surface area contributed by atoms with Crippen LogP contribution in [-0.2, 0) is 4.79 Å². The van der Waals surface area contributed by atoms with Crippen LogP contribution in [0.1, 0.15) is 29.5 Å². The Morgan fingerprint density at radius 3 is 2.48 bits per heavy atom. The smallest absolute Gasteiger partial charge is 0.315 e. The van der Waals surface area contributed by atoms with Crippen molar-refractivity contribution >= 4 is 12.0 Å². The number of allylic oxidation sites excluding steroid dienone is 1. The first kappa shape index (κ1) is 14.9.